The normalized spacial score (nSPS) is 20.6. The molecule has 0 aliphatic carbocycles. The Balaban J connectivity index is 1.63. The maximum atomic E-state index is 6.17. The second-order valence-electron chi connectivity index (χ2n) is 9.01. The van der Waals surface area contributed by atoms with Crippen LogP contribution in [0.1, 0.15) is 44.7 Å². The first-order valence-corrected chi connectivity index (χ1v) is 11.6. The molecule has 0 amide bonds. The van der Waals surface area contributed by atoms with Gasteiger partial charge in [-0.25, -0.2) is 0 Å². The highest BCUT2D eigenvalue weighted by atomic mass is 16.5. The largest absolute Gasteiger partial charge is 0.491 e. The van der Waals surface area contributed by atoms with Crippen molar-refractivity contribution in [1.29, 1.82) is 0 Å². The van der Waals surface area contributed by atoms with Crippen LogP contribution in [0.3, 0.4) is 0 Å². The second kappa shape index (κ2) is 10.3. The summed E-state index contributed by atoms with van der Waals surface area (Å²) in [5.74, 6) is 1.56. The van der Waals surface area contributed by atoms with Crippen LogP contribution in [0.5, 0.6) is 5.75 Å². The first-order valence-electron chi connectivity index (χ1n) is 11.6. The summed E-state index contributed by atoms with van der Waals surface area (Å²) in [6.07, 6.45) is 3.57. The molecule has 2 unspecified atom stereocenters. The monoisotopic (exact) mass is 408 g/mol. The zero-order chi connectivity index (χ0) is 20.8. The van der Waals surface area contributed by atoms with Crippen LogP contribution in [0, 0.1) is 5.92 Å². The van der Waals surface area contributed by atoms with E-state index in [4.69, 9.17) is 9.47 Å². The average Bonchev–Trinajstić information content (AvgIpc) is 3.23. The fourth-order valence-electron chi connectivity index (χ4n) is 4.72. The van der Waals surface area contributed by atoms with Crippen molar-refractivity contribution in [2.24, 2.45) is 5.92 Å². The molecule has 4 rings (SSSR count). The summed E-state index contributed by atoms with van der Waals surface area (Å²) >= 11 is 0. The zero-order valence-electron chi connectivity index (χ0n) is 18.5. The van der Waals surface area contributed by atoms with E-state index in [0.29, 0.717) is 18.0 Å². The van der Waals surface area contributed by atoms with E-state index in [0.717, 1.165) is 38.5 Å². The lowest BCUT2D eigenvalue weighted by Gasteiger charge is -2.38. The van der Waals surface area contributed by atoms with Gasteiger partial charge in [-0.05, 0) is 49.5 Å². The van der Waals surface area contributed by atoms with Crippen LogP contribution in [-0.4, -0.2) is 50.4 Å². The van der Waals surface area contributed by atoms with Crippen molar-refractivity contribution in [1.82, 2.24) is 4.90 Å². The number of hydrogen-bond donors (Lipinski definition) is 0. The molecule has 2 heterocycles. The molecule has 2 atom stereocenters. The Morgan fingerprint density at radius 1 is 0.967 bits per heavy atom. The summed E-state index contributed by atoms with van der Waals surface area (Å²) < 4.78 is 12.3. The summed E-state index contributed by atoms with van der Waals surface area (Å²) in [7, 11) is 0. The number of rotatable bonds is 8. The van der Waals surface area contributed by atoms with Crippen LogP contribution in [0.15, 0.2) is 54.6 Å². The summed E-state index contributed by atoms with van der Waals surface area (Å²) in [5, 5.41) is 0. The van der Waals surface area contributed by atoms with Gasteiger partial charge in [0.1, 0.15) is 5.75 Å². The topological polar surface area (TPSA) is 24.9 Å². The Bertz CT molecular complexity index is 774. The molecule has 2 aromatic rings. The number of likely N-dealkylation sites (tertiary alicyclic amines) is 1. The van der Waals surface area contributed by atoms with E-state index >= 15 is 0 Å². The molecule has 0 saturated carbocycles. The Morgan fingerprint density at radius 2 is 1.70 bits per heavy atom. The molecule has 2 aliphatic heterocycles. The van der Waals surface area contributed by atoms with Crippen molar-refractivity contribution in [2.45, 2.75) is 45.2 Å². The van der Waals surface area contributed by atoms with Crippen molar-refractivity contribution in [3.8, 4) is 5.75 Å². The van der Waals surface area contributed by atoms with Crippen molar-refractivity contribution < 1.29 is 9.47 Å². The average molecular weight is 409 g/mol. The minimum absolute atomic E-state index is 0.310. The smallest absolute Gasteiger partial charge is 0.142 e. The molecule has 2 aliphatic rings. The first-order chi connectivity index (χ1) is 14.7. The zero-order valence-corrected chi connectivity index (χ0v) is 18.5. The minimum atomic E-state index is 0.310. The number of benzene rings is 2. The summed E-state index contributed by atoms with van der Waals surface area (Å²) in [6, 6.07) is 20.1. The molecule has 0 bridgehead atoms. The number of fused-ring (bicyclic) bond motifs is 1. The highest BCUT2D eigenvalue weighted by Crippen LogP contribution is 2.39. The Morgan fingerprint density at radius 3 is 2.47 bits per heavy atom. The molecule has 4 heteroatoms. The number of nitrogens with zero attached hydrogens (tertiary/aromatic N) is 2. The minimum Gasteiger partial charge on any atom is -0.491 e. The fourth-order valence-corrected chi connectivity index (χ4v) is 4.72. The molecule has 0 N–H and O–H groups in total. The lowest BCUT2D eigenvalue weighted by Crippen LogP contribution is -2.47. The van der Waals surface area contributed by atoms with Gasteiger partial charge in [0, 0.05) is 19.6 Å². The number of para-hydroxylation sites is 2. The third kappa shape index (κ3) is 5.16. The summed E-state index contributed by atoms with van der Waals surface area (Å²) in [4.78, 5) is 5.22. The predicted molar refractivity (Wildman–Crippen MR) is 123 cm³/mol. The van der Waals surface area contributed by atoms with E-state index in [-0.39, 0.29) is 0 Å². The van der Waals surface area contributed by atoms with Gasteiger partial charge < -0.3 is 14.4 Å². The Hall–Kier alpha value is -2.04. The summed E-state index contributed by atoms with van der Waals surface area (Å²) in [6.45, 7) is 10.1. The molecular formula is C26H36N2O2. The van der Waals surface area contributed by atoms with Crippen LogP contribution < -0.4 is 9.64 Å². The molecule has 0 spiro atoms. The van der Waals surface area contributed by atoms with Crippen LogP contribution in [0.2, 0.25) is 0 Å². The van der Waals surface area contributed by atoms with Crippen molar-refractivity contribution in [2.75, 3.05) is 44.4 Å². The molecule has 1 saturated heterocycles. The fraction of sp³-hybridized carbons (Fsp3) is 0.538. The molecule has 162 valence electrons. The van der Waals surface area contributed by atoms with E-state index < -0.39 is 0 Å². The van der Waals surface area contributed by atoms with Gasteiger partial charge in [-0.2, -0.15) is 0 Å². The van der Waals surface area contributed by atoms with E-state index in [2.05, 4.69) is 78.2 Å². The molecular weight excluding hydrogens is 372 g/mol. The SMILES string of the molecule is CC(C)COCC(CN1c2ccccc2OCCC1c1ccccc1)N1CCCC1. The van der Waals surface area contributed by atoms with E-state index in [1.807, 2.05) is 0 Å². The van der Waals surface area contributed by atoms with Gasteiger partial charge >= 0.3 is 0 Å². The predicted octanol–water partition coefficient (Wildman–Crippen LogP) is 5.15. The molecule has 4 nitrogen and oxygen atoms in total. The first kappa shape index (κ1) is 21.2. The highest BCUT2D eigenvalue weighted by molar-refractivity contribution is 5.60. The van der Waals surface area contributed by atoms with Crippen LogP contribution >= 0.6 is 0 Å². The highest BCUT2D eigenvalue weighted by Gasteiger charge is 2.31. The van der Waals surface area contributed by atoms with Gasteiger partial charge in [-0.3, -0.25) is 4.90 Å². The van der Waals surface area contributed by atoms with E-state index in [1.54, 1.807) is 0 Å². The van der Waals surface area contributed by atoms with Gasteiger partial charge in [0.05, 0.1) is 31.0 Å². The van der Waals surface area contributed by atoms with Crippen molar-refractivity contribution in [3.05, 3.63) is 60.2 Å². The van der Waals surface area contributed by atoms with Gasteiger partial charge in [-0.15, -0.1) is 0 Å². The number of anilines is 1. The van der Waals surface area contributed by atoms with Crippen LogP contribution in [-0.2, 0) is 4.74 Å². The van der Waals surface area contributed by atoms with E-state index in [9.17, 15) is 0 Å². The number of hydrogen-bond acceptors (Lipinski definition) is 4. The standard InChI is InChI=1S/C26H36N2O2/c1-21(2)19-29-20-23(27-15-8-9-16-27)18-28-24(22-10-4-3-5-11-22)14-17-30-26-13-7-6-12-25(26)28/h3-7,10-13,21,23-24H,8-9,14-20H2,1-2H3. The lowest BCUT2D eigenvalue weighted by molar-refractivity contribution is 0.0562. The van der Waals surface area contributed by atoms with E-state index in [1.165, 1.54) is 37.2 Å². The maximum absolute atomic E-state index is 6.17. The summed E-state index contributed by atoms with van der Waals surface area (Å²) in [5.41, 5.74) is 2.57. The Kier molecular flexibility index (Phi) is 7.29. The molecule has 0 aromatic heterocycles. The third-order valence-electron chi connectivity index (χ3n) is 6.21. The number of ether oxygens (including phenoxy) is 2. The molecule has 0 radical (unpaired) electrons. The van der Waals surface area contributed by atoms with Crippen molar-refractivity contribution in [3.63, 3.8) is 0 Å². The second-order valence-corrected chi connectivity index (χ2v) is 9.01. The molecule has 2 aromatic carbocycles. The van der Waals surface area contributed by atoms with Crippen LogP contribution in [0.4, 0.5) is 5.69 Å². The maximum Gasteiger partial charge on any atom is 0.142 e. The Labute approximate surface area is 181 Å². The van der Waals surface area contributed by atoms with Gasteiger partial charge in [0.2, 0.25) is 0 Å². The van der Waals surface area contributed by atoms with Gasteiger partial charge in [-0.1, -0.05) is 56.3 Å². The molecule has 1 fully saturated rings. The third-order valence-corrected chi connectivity index (χ3v) is 6.21. The van der Waals surface area contributed by atoms with Crippen LogP contribution in [0.25, 0.3) is 0 Å². The van der Waals surface area contributed by atoms with Gasteiger partial charge in [0.25, 0.3) is 0 Å². The van der Waals surface area contributed by atoms with Gasteiger partial charge in [0.15, 0.2) is 0 Å². The quantitative estimate of drug-likeness (QED) is 0.603. The molecule has 30 heavy (non-hydrogen) atoms. The lowest BCUT2D eigenvalue weighted by atomic mass is 10.0. The van der Waals surface area contributed by atoms with Crippen molar-refractivity contribution >= 4 is 5.69 Å².